The molecular formula is C14H20N4O4. The summed E-state index contributed by atoms with van der Waals surface area (Å²) in [6.07, 6.45) is -0.0650. The van der Waals surface area contributed by atoms with E-state index in [9.17, 15) is 19.5 Å². The van der Waals surface area contributed by atoms with Crippen molar-refractivity contribution in [2.75, 3.05) is 26.7 Å². The van der Waals surface area contributed by atoms with Crippen LogP contribution in [0.1, 0.15) is 17.1 Å². The van der Waals surface area contributed by atoms with E-state index in [0.717, 1.165) is 0 Å². The fraction of sp³-hybridized carbons (Fsp3) is 0.571. The second-order valence-corrected chi connectivity index (χ2v) is 5.57. The van der Waals surface area contributed by atoms with Crippen molar-refractivity contribution in [1.29, 1.82) is 0 Å². The number of aromatic nitrogens is 2. The number of aromatic amines is 1. The molecule has 1 aromatic heterocycles. The van der Waals surface area contributed by atoms with Crippen LogP contribution in [0, 0.1) is 13.8 Å². The molecule has 22 heavy (non-hydrogen) atoms. The van der Waals surface area contributed by atoms with Gasteiger partial charge < -0.3 is 15.0 Å². The van der Waals surface area contributed by atoms with E-state index in [1.54, 1.807) is 25.8 Å². The Morgan fingerprint density at radius 3 is 2.64 bits per heavy atom. The lowest BCUT2D eigenvalue weighted by Crippen LogP contribution is -2.56. The van der Waals surface area contributed by atoms with Crippen molar-refractivity contribution in [2.45, 2.75) is 26.3 Å². The van der Waals surface area contributed by atoms with Gasteiger partial charge in [-0.2, -0.15) is 0 Å². The van der Waals surface area contributed by atoms with Crippen molar-refractivity contribution < 1.29 is 14.7 Å². The number of likely N-dealkylation sites (N-methyl/N-ethyl adjacent to an activating group) is 1. The van der Waals surface area contributed by atoms with Gasteiger partial charge in [-0.1, -0.05) is 0 Å². The third kappa shape index (κ3) is 3.33. The van der Waals surface area contributed by atoms with E-state index in [0.29, 0.717) is 30.2 Å². The van der Waals surface area contributed by atoms with Gasteiger partial charge in [0.15, 0.2) is 0 Å². The summed E-state index contributed by atoms with van der Waals surface area (Å²) in [5, 5.41) is 9.17. The van der Waals surface area contributed by atoms with E-state index in [1.807, 2.05) is 0 Å². The van der Waals surface area contributed by atoms with Crippen molar-refractivity contribution >= 4 is 11.9 Å². The standard InChI is InChI=1S/C14H20N4O4/c1-8-10(13(20)16-9(2)15-8)6-12(19)18-5-4-17(3)11(7-18)14(21)22/h11H,4-7H2,1-3H3,(H,21,22)(H,15,16,20). The number of nitrogens with one attached hydrogen (secondary N) is 1. The molecule has 1 amide bonds. The molecular weight excluding hydrogens is 288 g/mol. The average molecular weight is 308 g/mol. The topological polar surface area (TPSA) is 107 Å². The van der Waals surface area contributed by atoms with Gasteiger partial charge in [-0.05, 0) is 20.9 Å². The van der Waals surface area contributed by atoms with Crippen LogP contribution in [-0.4, -0.2) is 69.5 Å². The first-order valence-corrected chi connectivity index (χ1v) is 7.06. The summed E-state index contributed by atoms with van der Waals surface area (Å²) < 4.78 is 0. The summed E-state index contributed by atoms with van der Waals surface area (Å²) >= 11 is 0. The highest BCUT2D eigenvalue weighted by molar-refractivity contribution is 5.81. The molecule has 1 unspecified atom stereocenters. The number of aryl methyl sites for hydroxylation is 2. The molecule has 2 rings (SSSR count). The van der Waals surface area contributed by atoms with Gasteiger partial charge in [0.05, 0.1) is 6.42 Å². The SMILES string of the molecule is Cc1nc(C)c(CC(=O)N2CCN(C)C(C(=O)O)C2)c(=O)[nH]1. The van der Waals surface area contributed by atoms with E-state index in [4.69, 9.17) is 0 Å². The molecule has 120 valence electrons. The minimum absolute atomic E-state index is 0.0650. The number of rotatable bonds is 3. The number of carbonyl (C=O) groups excluding carboxylic acids is 1. The molecule has 1 aliphatic heterocycles. The minimum Gasteiger partial charge on any atom is -0.480 e. The van der Waals surface area contributed by atoms with E-state index in [-0.39, 0.29) is 24.4 Å². The average Bonchev–Trinajstić information content (AvgIpc) is 2.42. The normalized spacial score (nSPS) is 19.2. The fourth-order valence-corrected chi connectivity index (χ4v) is 2.59. The lowest BCUT2D eigenvalue weighted by Gasteiger charge is -2.37. The Kier molecular flexibility index (Phi) is 4.60. The zero-order valence-electron chi connectivity index (χ0n) is 12.9. The lowest BCUT2D eigenvalue weighted by atomic mass is 10.1. The monoisotopic (exact) mass is 308 g/mol. The van der Waals surface area contributed by atoms with Crippen molar-refractivity contribution in [3.8, 4) is 0 Å². The quantitative estimate of drug-likeness (QED) is 0.754. The second-order valence-electron chi connectivity index (χ2n) is 5.57. The first kappa shape index (κ1) is 16.2. The number of amides is 1. The third-order valence-electron chi connectivity index (χ3n) is 3.95. The van der Waals surface area contributed by atoms with Gasteiger partial charge in [0.2, 0.25) is 5.91 Å². The Labute approximate surface area is 127 Å². The Balaban J connectivity index is 2.13. The molecule has 1 aliphatic rings. The number of carboxylic acid groups (broad SMARTS) is 1. The number of piperazine rings is 1. The van der Waals surface area contributed by atoms with Gasteiger partial charge >= 0.3 is 5.97 Å². The summed E-state index contributed by atoms with van der Waals surface area (Å²) in [5.41, 5.74) is 0.544. The first-order valence-electron chi connectivity index (χ1n) is 7.06. The van der Waals surface area contributed by atoms with Crippen LogP contribution in [-0.2, 0) is 16.0 Å². The maximum atomic E-state index is 12.4. The number of H-pyrrole nitrogens is 1. The molecule has 1 atom stereocenters. The van der Waals surface area contributed by atoms with Crippen LogP contribution in [0.3, 0.4) is 0 Å². The number of nitrogens with zero attached hydrogens (tertiary/aromatic N) is 3. The number of hydrogen-bond acceptors (Lipinski definition) is 5. The van der Waals surface area contributed by atoms with E-state index >= 15 is 0 Å². The van der Waals surface area contributed by atoms with Crippen LogP contribution >= 0.6 is 0 Å². The van der Waals surface area contributed by atoms with Crippen LogP contribution in [0.15, 0.2) is 4.79 Å². The highest BCUT2D eigenvalue weighted by Crippen LogP contribution is 2.10. The lowest BCUT2D eigenvalue weighted by molar-refractivity contribution is -0.147. The van der Waals surface area contributed by atoms with Crippen molar-refractivity contribution in [1.82, 2.24) is 19.8 Å². The summed E-state index contributed by atoms with van der Waals surface area (Å²) in [6, 6.07) is -0.715. The maximum absolute atomic E-state index is 12.4. The molecule has 8 heteroatoms. The largest absolute Gasteiger partial charge is 0.480 e. The molecule has 2 heterocycles. The number of hydrogen-bond donors (Lipinski definition) is 2. The zero-order chi connectivity index (χ0) is 16.4. The van der Waals surface area contributed by atoms with Crippen molar-refractivity contribution in [3.05, 3.63) is 27.4 Å². The molecule has 1 fully saturated rings. The Bertz CT molecular complexity index is 655. The molecule has 0 aromatic carbocycles. The Hall–Kier alpha value is -2.22. The van der Waals surface area contributed by atoms with E-state index in [2.05, 4.69) is 9.97 Å². The third-order valence-corrected chi connectivity index (χ3v) is 3.95. The second kappa shape index (κ2) is 6.27. The molecule has 0 bridgehead atoms. The summed E-state index contributed by atoms with van der Waals surface area (Å²) in [7, 11) is 1.72. The molecule has 0 aliphatic carbocycles. The van der Waals surface area contributed by atoms with Crippen LogP contribution in [0.5, 0.6) is 0 Å². The first-order chi connectivity index (χ1) is 10.3. The van der Waals surface area contributed by atoms with Gasteiger partial charge in [-0.25, -0.2) is 4.98 Å². The van der Waals surface area contributed by atoms with Crippen LogP contribution in [0.2, 0.25) is 0 Å². The molecule has 0 spiro atoms. The highest BCUT2D eigenvalue weighted by Gasteiger charge is 2.32. The van der Waals surface area contributed by atoms with Gasteiger partial charge in [-0.3, -0.25) is 19.3 Å². The van der Waals surface area contributed by atoms with Crippen molar-refractivity contribution in [2.24, 2.45) is 0 Å². The Morgan fingerprint density at radius 1 is 1.36 bits per heavy atom. The smallest absolute Gasteiger partial charge is 0.322 e. The van der Waals surface area contributed by atoms with Crippen molar-refractivity contribution in [3.63, 3.8) is 0 Å². The van der Waals surface area contributed by atoms with Gasteiger partial charge in [-0.15, -0.1) is 0 Å². The van der Waals surface area contributed by atoms with E-state index in [1.165, 1.54) is 4.90 Å². The molecule has 1 aromatic rings. The number of carboxylic acids is 1. The van der Waals surface area contributed by atoms with Crippen LogP contribution in [0.25, 0.3) is 0 Å². The maximum Gasteiger partial charge on any atom is 0.322 e. The van der Waals surface area contributed by atoms with E-state index < -0.39 is 12.0 Å². The summed E-state index contributed by atoms with van der Waals surface area (Å²) in [6.45, 7) is 4.44. The molecule has 0 radical (unpaired) electrons. The number of aliphatic carboxylic acids is 1. The van der Waals surface area contributed by atoms with Gasteiger partial charge in [0, 0.05) is 30.9 Å². The minimum atomic E-state index is -0.953. The van der Waals surface area contributed by atoms with Crippen LogP contribution < -0.4 is 5.56 Å². The molecule has 2 N–H and O–H groups in total. The highest BCUT2D eigenvalue weighted by atomic mass is 16.4. The Morgan fingerprint density at radius 2 is 2.05 bits per heavy atom. The molecule has 0 saturated carbocycles. The molecule has 1 saturated heterocycles. The van der Waals surface area contributed by atoms with Crippen LogP contribution in [0.4, 0.5) is 0 Å². The predicted molar refractivity (Wildman–Crippen MR) is 78.7 cm³/mol. The molecule has 8 nitrogen and oxygen atoms in total. The fourth-order valence-electron chi connectivity index (χ4n) is 2.59. The summed E-state index contributed by atoms with van der Waals surface area (Å²) in [5.74, 6) is -0.700. The van der Waals surface area contributed by atoms with Gasteiger partial charge in [0.25, 0.3) is 5.56 Å². The predicted octanol–water partition coefficient (Wildman–Crippen LogP) is -0.844. The number of carbonyl (C=O) groups is 2. The zero-order valence-corrected chi connectivity index (χ0v) is 12.9. The van der Waals surface area contributed by atoms with Gasteiger partial charge in [0.1, 0.15) is 11.9 Å². The summed E-state index contributed by atoms with van der Waals surface area (Å²) in [4.78, 5) is 45.4.